The molecule has 2 rings (SSSR count). The second-order valence-corrected chi connectivity index (χ2v) is 7.52. The Morgan fingerprint density at radius 2 is 1.65 bits per heavy atom. The minimum atomic E-state index is -0.663. The van der Waals surface area contributed by atoms with Crippen molar-refractivity contribution in [3.8, 4) is 28.7 Å². The van der Waals surface area contributed by atoms with Crippen molar-refractivity contribution in [1.82, 2.24) is 0 Å². The van der Waals surface area contributed by atoms with Crippen molar-refractivity contribution in [1.29, 1.82) is 0 Å². The van der Waals surface area contributed by atoms with Gasteiger partial charge in [-0.05, 0) is 54.4 Å². The number of aromatic hydroxyl groups is 1. The number of aryl methyl sites for hydroxylation is 1. The molecule has 3 unspecified atom stereocenters. The zero-order valence-corrected chi connectivity index (χ0v) is 20.1. The van der Waals surface area contributed by atoms with E-state index in [1.165, 1.54) is 21.3 Å². The van der Waals surface area contributed by atoms with E-state index in [0.29, 0.717) is 22.8 Å². The Morgan fingerprint density at radius 3 is 2.06 bits per heavy atom. The summed E-state index contributed by atoms with van der Waals surface area (Å²) in [7, 11) is 4.47. The number of hydrogen-bond donors (Lipinski definition) is 3. The van der Waals surface area contributed by atoms with Crippen LogP contribution in [0, 0.1) is 18.8 Å². The van der Waals surface area contributed by atoms with Crippen LogP contribution in [-0.4, -0.2) is 51.0 Å². The maximum atomic E-state index is 12.3. The molecule has 0 saturated carbocycles. The molecule has 0 bridgehead atoms. The molecule has 0 saturated heterocycles. The van der Waals surface area contributed by atoms with Gasteiger partial charge in [0.2, 0.25) is 5.75 Å². The number of phenols is 1. The molecule has 4 N–H and O–H groups in total. The van der Waals surface area contributed by atoms with Crippen LogP contribution in [0.2, 0.25) is 0 Å². The van der Waals surface area contributed by atoms with Gasteiger partial charge in [-0.1, -0.05) is 0 Å². The van der Waals surface area contributed by atoms with E-state index in [1.54, 1.807) is 47.3 Å². The summed E-state index contributed by atoms with van der Waals surface area (Å²) in [4.78, 5) is 12.3. The number of aliphatic hydroxyl groups is 1. The van der Waals surface area contributed by atoms with Crippen LogP contribution in [0.3, 0.4) is 0 Å². The first-order chi connectivity index (χ1) is 14.9. The first-order valence-electron chi connectivity index (χ1n) is 9.58. The Bertz CT molecular complexity index is 877. The summed E-state index contributed by atoms with van der Waals surface area (Å²) in [6.45, 7) is 1.69. The zero-order valence-electron chi connectivity index (χ0n) is 17.9. The van der Waals surface area contributed by atoms with Crippen LogP contribution in [0.4, 0.5) is 0 Å². The highest BCUT2D eigenvalue weighted by molar-refractivity contribution is 14.1. The number of methoxy groups -OCH3 is 3. The monoisotopic (exact) mass is 545 g/mol. The lowest BCUT2D eigenvalue weighted by Gasteiger charge is -2.31. The molecule has 0 amide bonds. The van der Waals surface area contributed by atoms with Gasteiger partial charge >= 0.3 is 0 Å². The number of phenolic OH excluding ortho intramolecular Hbond substituents is 1. The number of carbonyl (C=O) groups excluding carboxylic acids is 1. The molecule has 170 valence electrons. The number of hydrogen-bond acceptors (Lipinski definition) is 8. The van der Waals surface area contributed by atoms with E-state index >= 15 is 0 Å². The quantitative estimate of drug-likeness (QED) is 0.291. The summed E-state index contributed by atoms with van der Waals surface area (Å²) >= 11 is 1.74. The van der Waals surface area contributed by atoms with E-state index in [2.05, 4.69) is 0 Å². The molecule has 0 radical (unpaired) electrons. The lowest BCUT2D eigenvalue weighted by molar-refractivity contribution is -0.113. The predicted octanol–water partition coefficient (Wildman–Crippen LogP) is 2.97. The maximum absolute atomic E-state index is 12.3. The van der Waals surface area contributed by atoms with Crippen molar-refractivity contribution in [2.45, 2.75) is 12.8 Å². The summed E-state index contributed by atoms with van der Waals surface area (Å²) in [6, 6.07) is 6.80. The van der Waals surface area contributed by atoms with Crippen LogP contribution in [0.5, 0.6) is 28.7 Å². The molecular formula is C22H28INO7. The predicted molar refractivity (Wildman–Crippen MR) is 125 cm³/mol. The van der Waals surface area contributed by atoms with Crippen LogP contribution in [-0.2, 0) is 4.79 Å². The van der Waals surface area contributed by atoms with Gasteiger partial charge in [-0.3, -0.25) is 0 Å². The lowest BCUT2D eigenvalue weighted by Crippen LogP contribution is -2.33. The van der Waals surface area contributed by atoms with Crippen LogP contribution in [0.15, 0.2) is 24.3 Å². The molecular weight excluding hydrogens is 517 g/mol. The highest BCUT2D eigenvalue weighted by Crippen LogP contribution is 2.46. The van der Waals surface area contributed by atoms with Crippen LogP contribution in [0.25, 0.3) is 0 Å². The Kier molecular flexibility index (Phi) is 9.20. The van der Waals surface area contributed by atoms with Crippen LogP contribution < -0.4 is 23.0 Å². The molecule has 8 nitrogen and oxygen atoms in total. The molecule has 3 atom stereocenters. The van der Waals surface area contributed by atoms with E-state index < -0.39 is 17.8 Å². The Hall–Kier alpha value is -2.24. The molecule has 2 aromatic carbocycles. The van der Waals surface area contributed by atoms with Gasteiger partial charge in [0.25, 0.3) is 0 Å². The Morgan fingerprint density at radius 1 is 1.06 bits per heavy atom. The fraction of sp³-hybridized carbons (Fsp3) is 0.409. The molecule has 0 aromatic heterocycles. The first-order valence-corrected chi connectivity index (χ1v) is 10.5. The van der Waals surface area contributed by atoms with Crippen molar-refractivity contribution in [3.05, 3.63) is 41.0 Å². The number of aliphatic hydroxyl groups excluding tert-OH is 1. The Balaban J connectivity index is 2.85. The van der Waals surface area contributed by atoms with Gasteiger partial charge in [0.1, 0.15) is 6.29 Å². The standard InChI is InChI=1S/C22H28INO7/c1-12-5-17(27)18(28-2)8-15(12)21(16(11-26)14(9-24)10-25)13-6-19(29-3)22(31-23)20(7-13)30-4/h5-8,11,14,16,21,25,27H,9-10,24H2,1-4H3. The van der Waals surface area contributed by atoms with Crippen molar-refractivity contribution in [2.75, 3.05) is 34.5 Å². The number of halogens is 1. The molecule has 0 fully saturated rings. The van der Waals surface area contributed by atoms with E-state index in [4.69, 9.17) is 23.0 Å². The molecule has 0 heterocycles. The zero-order chi connectivity index (χ0) is 23.1. The van der Waals surface area contributed by atoms with Gasteiger partial charge in [0, 0.05) is 24.4 Å². The molecule has 0 aliphatic rings. The van der Waals surface area contributed by atoms with E-state index in [-0.39, 0.29) is 24.7 Å². The summed E-state index contributed by atoms with van der Waals surface area (Å²) in [6.07, 6.45) is 0.804. The average Bonchev–Trinajstić information content (AvgIpc) is 2.79. The van der Waals surface area contributed by atoms with Gasteiger partial charge < -0.3 is 38.0 Å². The van der Waals surface area contributed by atoms with Gasteiger partial charge in [-0.15, -0.1) is 0 Å². The number of nitrogens with two attached hydrogens (primary N) is 1. The van der Waals surface area contributed by atoms with Crippen molar-refractivity contribution in [2.24, 2.45) is 17.6 Å². The second kappa shape index (κ2) is 11.4. The summed E-state index contributed by atoms with van der Waals surface area (Å²) in [5.41, 5.74) is 8.06. The SMILES string of the molecule is COc1cc(C(c2cc(OC)c(OI)c(OC)c2)C(C=O)C(CN)CO)c(C)cc1O. The van der Waals surface area contributed by atoms with Crippen molar-refractivity contribution >= 4 is 29.3 Å². The smallest absolute Gasteiger partial charge is 0.217 e. The fourth-order valence-electron chi connectivity index (χ4n) is 3.77. The van der Waals surface area contributed by atoms with E-state index in [1.807, 2.05) is 6.92 Å². The molecule has 9 heteroatoms. The van der Waals surface area contributed by atoms with Crippen LogP contribution >= 0.6 is 23.0 Å². The lowest BCUT2D eigenvalue weighted by atomic mass is 9.73. The minimum Gasteiger partial charge on any atom is -0.504 e. The third-order valence-corrected chi connectivity index (χ3v) is 5.89. The van der Waals surface area contributed by atoms with E-state index in [9.17, 15) is 15.0 Å². The van der Waals surface area contributed by atoms with Gasteiger partial charge in [-0.25, -0.2) is 0 Å². The van der Waals surface area contributed by atoms with Crippen molar-refractivity contribution in [3.63, 3.8) is 0 Å². The van der Waals surface area contributed by atoms with Gasteiger partial charge in [0.05, 0.1) is 21.3 Å². The highest BCUT2D eigenvalue weighted by Gasteiger charge is 2.34. The number of rotatable bonds is 11. The Labute approximate surface area is 195 Å². The minimum absolute atomic E-state index is 0.00786. The largest absolute Gasteiger partial charge is 0.504 e. The molecule has 31 heavy (non-hydrogen) atoms. The van der Waals surface area contributed by atoms with E-state index in [0.717, 1.165) is 17.4 Å². The summed E-state index contributed by atoms with van der Waals surface area (Å²) in [5, 5.41) is 20.1. The number of aldehydes is 1. The second-order valence-electron chi connectivity index (χ2n) is 7.08. The maximum Gasteiger partial charge on any atom is 0.217 e. The molecule has 2 aromatic rings. The molecule has 0 aliphatic carbocycles. The topological polar surface area (TPSA) is 120 Å². The third kappa shape index (κ3) is 5.16. The number of ether oxygens (including phenoxy) is 3. The average molecular weight is 545 g/mol. The number of benzene rings is 2. The summed E-state index contributed by atoms with van der Waals surface area (Å²) in [5.74, 6) is -0.152. The first kappa shape index (κ1) is 25.0. The van der Waals surface area contributed by atoms with Gasteiger partial charge in [-0.2, -0.15) is 0 Å². The molecule has 0 aliphatic heterocycles. The van der Waals surface area contributed by atoms with Crippen LogP contribution in [0.1, 0.15) is 22.6 Å². The fourth-order valence-corrected chi connectivity index (χ4v) is 4.20. The van der Waals surface area contributed by atoms with Gasteiger partial charge in [0.15, 0.2) is 46.0 Å². The molecule has 0 spiro atoms. The number of carbonyl (C=O) groups is 1. The highest BCUT2D eigenvalue weighted by atomic mass is 127. The third-order valence-electron chi connectivity index (χ3n) is 5.45. The van der Waals surface area contributed by atoms with Crippen molar-refractivity contribution < 1.29 is 32.3 Å². The normalized spacial score (nSPS) is 13.8. The summed E-state index contributed by atoms with van der Waals surface area (Å²) < 4.78 is 21.7.